The molecule has 2 unspecified atom stereocenters. The summed E-state index contributed by atoms with van der Waals surface area (Å²) in [5.74, 6) is 1.30. The maximum absolute atomic E-state index is 5.52. The monoisotopic (exact) mass is 297 g/mol. The molecule has 0 amide bonds. The van der Waals surface area contributed by atoms with Gasteiger partial charge in [0, 0.05) is 19.6 Å². The number of nitrogens with one attached hydrogen (secondary N) is 1. The number of methoxy groups -OCH3 is 1. The van der Waals surface area contributed by atoms with E-state index in [1.54, 1.807) is 7.11 Å². The molecule has 2 atom stereocenters. The van der Waals surface area contributed by atoms with E-state index < -0.39 is 5.60 Å². The largest absolute Gasteiger partial charge is 0.370 e. The molecule has 21 heavy (non-hydrogen) atoms. The molecular formula is C16H31N3O2. The van der Waals surface area contributed by atoms with E-state index >= 15 is 0 Å². The Morgan fingerprint density at radius 1 is 1.24 bits per heavy atom. The average molecular weight is 297 g/mol. The van der Waals surface area contributed by atoms with Crippen molar-refractivity contribution < 1.29 is 9.26 Å². The third kappa shape index (κ3) is 4.78. The summed E-state index contributed by atoms with van der Waals surface area (Å²) in [5, 5.41) is 7.68. The van der Waals surface area contributed by atoms with Crippen molar-refractivity contribution in [2.24, 2.45) is 5.41 Å². The van der Waals surface area contributed by atoms with Gasteiger partial charge in [-0.1, -0.05) is 39.8 Å². The van der Waals surface area contributed by atoms with Crippen LogP contribution in [0.15, 0.2) is 4.52 Å². The Morgan fingerprint density at radius 3 is 2.38 bits per heavy atom. The van der Waals surface area contributed by atoms with Gasteiger partial charge < -0.3 is 14.6 Å². The highest BCUT2D eigenvalue weighted by molar-refractivity contribution is 5.01. The summed E-state index contributed by atoms with van der Waals surface area (Å²) in [4.78, 5) is 4.54. The van der Waals surface area contributed by atoms with Crippen LogP contribution in [0.3, 0.4) is 0 Å². The zero-order valence-corrected chi connectivity index (χ0v) is 14.6. The van der Waals surface area contributed by atoms with Gasteiger partial charge in [0.1, 0.15) is 5.60 Å². The first-order valence-corrected chi connectivity index (χ1v) is 7.88. The van der Waals surface area contributed by atoms with Crippen molar-refractivity contribution in [3.05, 3.63) is 11.7 Å². The first-order chi connectivity index (χ1) is 9.76. The Kier molecular flexibility index (Phi) is 6.35. The second-order valence-corrected chi connectivity index (χ2v) is 6.88. The second-order valence-electron chi connectivity index (χ2n) is 6.88. The number of hydrogen-bond donors (Lipinski definition) is 1. The van der Waals surface area contributed by atoms with Crippen LogP contribution in [0.5, 0.6) is 0 Å². The van der Waals surface area contributed by atoms with Crippen LogP contribution >= 0.6 is 0 Å². The quantitative estimate of drug-likeness (QED) is 0.797. The summed E-state index contributed by atoms with van der Waals surface area (Å²) in [6.45, 7) is 13.9. The van der Waals surface area contributed by atoms with Crippen molar-refractivity contribution >= 4 is 0 Å². The summed E-state index contributed by atoms with van der Waals surface area (Å²) in [5.41, 5.74) is -0.338. The lowest BCUT2D eigenvalue weighted by Gasteiger charge is -2.30. The van der Waals surface area contributed by atoms with Crippen molar-refractivity contribution in [1.82, 2.24) is 15.5 Å². The summed E-state index contributed by atoms with van der Waals surface area (Å²) in [7, 11) is 1.68. The standard InChI is InChI=1S/C16H31N3O2/c1-8-10-17-12(15(3,4)5)11-13-18-14(19-21-13)16(6,9-2)20-7/h12,17H,8-11H2,1-7H3. The molecular weight excluding hydrogens is 266 g/mol. The molecule has 5 nitrogen and oxygen atoms in total. The Bertz CT molecular complexity index is 419. The predicted molar refractivity (Wildman–Crippen MR) is 84.2 cm³/mol. The Hall–Kier alpha value is -0.940. The zero-order chi connectivity index (χ0) is 16.1. The fourth-order valence-corrected chi connectivity index (χ4v) is 2.12. The van der Waals surface area contributed by atoms with Crippen LogP contribution in [0.25, 0.3) is 0 Å². The number of aromatic nitrogens is 2. The van der Waals surface area contributed by atoms with Gasteiger partial charge >= 0.3 is 0 Å². The molecule has 0 spiro atoms. The molecule has 1 heterocycles. The van der Waals surface area contributed by atoms with Gasteiger partial charge in [-0.15, -0.1) is 0 Å². The lowest BCUT2D eigenvalue weighted by Crippen LogP contribution is -2.42. The van der Waals surface area contributed by atoms with E-state index in [1.165, 1.54) is 0 Å². The molecule has 0 aromatic carbocycles. The van der Waals surface area contributed by atoms with Gasteiger partial charge in [-0.3, -0.25) is 0 Å². The van der Waals surface area contributed by atoms with Gasteiger partial charge in [0.05, 0.1) is 0 Å². The minimum Gasteiger partial charge on any atom is -0.370 e. The van der Waals surface area contributed by atoms with Crippen LogP contribution in [0.4, 0.5) is 0 Å². The molecule has 0 aliphatic heterocycles. The van der Waals surface area contributed by atoms with E-state index in [0.29, 0.717) is 17.8 Å². The minimum atomic E-state index is -0.476. The molecule has 1 aromatic heterocycles. The lowest BCUT2D eigenvalue weighted by molar-refractivity contribution is -0.0106. The van der Waals surface area contributed by atoms with Crippen molar-refractivity contribution in [2.75, 3.05) is 13.7 Å². The van der Waals surface area contributed by atoms with Gasteiger partial charge in [0.15, 0.2) is 0 Å². The van der Waals surface area contributed by atoms with Gasteiger partial charge in [-0.2, -0.15) is 4.98 Å². The molecule has 0 bridgehead atoms. The number of ether oxygens (including phenoxy) is 1. The predicted octanol–water partition coefficient (Wildman–Crippen LogP) is 3.30. The van der Waals surface area contributed by atoms with Crippen LogP contribution in [0.1, 0.15) is 66.1 Å². The van der Waals surface area contributed by atoms with E-state index in [2.05, 4.69) is 50.1 Å². The molecule has 0 aliphatic carbocycles. The second kappa shape index (κ2) is 7.36. The molecule has 122 valence electrons. The van der Waals surface area contributed by atoms with Crippen molar-refractivity contribution in [2.45, 2.75) is 72.4 Å². The van der Waals surface area contributed by atoms with E-state index in [1.807, 2.05) is 6.92 Å². The summed E-state index contributed by atoms with van der Waals surface area (Å²) in [6, 6.07) is 0.307. The normalized spacial score (nSPS) is 16.7. The van der Waals surface area contributed by atoms with E-state index in [4.69, 9.17) is 9.26 Å². The smallest absolute Gasteiger partial charge is 0.228 e. The number of hydrogen-bond acceptors (Lipinski definition) is 5. The number of nitrogens with zero attached hydrogens (tertiary/aromatic N) is 2. The highest BCUT2D eigenvalue weighted by atomic mass is 16.5. The Morgan fingerprint density at radius 2 is 1.90 bits per heavy atom. The minimum absolute atomic E-state index is 0.138. The van der Waals surface area contributed by atoms with Crippen molar-refractivity contribution in [3.8, 4) is 0 Å². The summed E-state index contributed by atoms with van der Waals surface area (Å²) in [6.07, 6.45) is 2.65. The number of rotatable bonds is 8. The van der Waals surface area contributed by atoms with Gasteiger partial charge in [0.25, 0.3) is 0 Å². The van der Waals surface area contributed by atoms with Crippen LogP contribution < -0.4 is 5.32 Å². The van der Waals surface area contributed by atoms with E-state index in [9.17, 15) is 0 Å². The zero-order valence-electron chi connectivity index (χ0n) is 14.6. The van der Waals surface area contributed by atoms with Crippen LogP contribution in [-0.2, 0) is 16.8 Å². The van der Waals surface area contributed by atoms with Crippen molar-refractivity contribution in [1.29, 1.82) is 0 Å². The molecule has 0 saturated heterocycles. The van der Waals surface area contributed by atoms with Gasteiger partial charge in [-0.05, 0) is 31.7 Å². The van der Waals surface area contributed by atoms with Crippen LogP contribution in [-0.4, -0.2) is 29.8 Å². The average Bonchev–Trinajstić information content (AvgIpc) is 2.90. The maximum Gasteiger partial charge on any atom is 0.228 e. The fraction of sp³-hybridized carbons (Fsp3) is 0.875. The SMILES string of the molecule is CCCNC(Cc1nc(C(C)(CC)OC)no1)C(C)(C)C. The molecule has 5 heteroatoms. The van der Waals surface area contributed by atoms with Gasteiger partial charge in [-0.25, -0.2) is 0 Å². The van der Waals surface area contributed by atoms with Gasteiger partial charge in [0.2, 0.25) is 11.7 Å². The highest BCUT2D eigenvalue weighted by Gasteiger charge is 2.31. The topological polar surface area (TPSA) is 60.2 Å². The Balaban J connectivity index is 2.84. The third-order valence-corrected chi connectivity index (χ3v) is 4.13. The van der Waals surface area contributed by atoms with Crippen LogP contribution in [0.2, 0.25) is 0 Å². The molecule has 0 aliphatic rings. The molecule has 0 fully saturated rings. The Labute approximate surface area is 128 Å². The van der Waals surface area contributed by atoms with E-state index in [-0.39, 0.29) is 5.41 Å². The lowest BCUT2D eigenvalue weighted by atomic mass is 9.84. The summed E-state index contributed by atoms with van der Waals surface area (Å²) >= 11 is 0. The van der Waals surface area contributed by atoms with Crippen LogP contribution in [0, 0.1) is 5.41 Å². The maximum atomic E-state index is 5.52. The first kappa shape index (κ1) is 18.1. The molecule has 0 radical (unpaired) electrons. The third-order valence-electron chi connectivity index (χ3n) is 4.13. The molecule has 1 aromatic rings. The molecule has 1 rings (SSSR count). The fourth-order valence-electron chi connectivity index (χ4n) is 2.12. The molecule has 0 saturated carbocycles. The van der Waals surface area contributed by atoms with E-state index in [0.717, 1.165) is 25.8 Å². The first-order valence-electron chi connectivity index (χ1n) is 7.88. The highest BCUT2D eigenvalue weighted by Crippen LogP contribution is 2.27. The molecule has 1 N–H and O–H groups in total. The summed E-state index contributed by atoms with van der Waals surface area (Å²) < 4.78 is 11.0. The van der Waals surface area contributed by atoms with Crippen molar-refractivity contribution in [3.63, 3.8) is 0 Å².